The lowest BCUT2D eigenvalue weighted by atomic mass is 10.2. The first-order chi connectivity index (χ1) is 12.1. The molecule has 26 heavy (non-hydrogen) atoms. The highest BCUT2D eigenvalue weighted by Gasteiger charge is 2.16. The van der Waals surface area contributed by atoms with Crippen molar-refractivity contribution in [2.75, 3.05) is 13.7 Å². The molecular formula is C20H25ClN2O3. The Hall–Kier alpha value is -2.24. The van der Waals surface area contributed by atoms with E-state index in [1.807, 2.05) is 48.5 Å². The minimum Gasteiger partial charge on any atom is -0.497 e. The van der Waals surface area contributed by atoms with Crippen LogP contribution in [-0.4, -0.2) is 34.5 Å². The van der Waals surface area contributed by atoms with Crippen molar-refractivity contribution in [3.63, 3.8) is 0 Å². The van der Waals surface area contributed by atoms with E-state index in [1.54, 1.807) is 7.11 Å². The maximum Gasteiger partial charge on any atom is 0.119 e. The third-order valence-corrected chi connectivity index (χ3v) is 4.10. The van der Waals surface area contributed by atoms with Crippen LogP contribution in [0.1, 0.15) is 25.6 Å². The average molecular weight is 377 g/mol. The molecule has 0 aliphatic heterocycles. The van der Waals surface area contributed by atoms with Gasteiger partial charge in [-0.3, -0.25) is 0 Å². The summed E-state index contributed by atoms with van der Waals surface area (Å²) in [5.41, 5.74) is 1.99. The zero-order chi connectivity index (χ0) is 17.8. The Morgan fingerprint density at radius 1 is 1.04 bits per heavy atom. The molecule has 3 rings (SSSR count). The number of halogens is 1. The number of aliphatic hydroxyl groups is 1. The van der Waals surface area contributed by atoms with E-state index in [0.29, 0.717) is 12.3 Å². The van der Waals surface area contributed by atoms with Gasteiger partial charge < -0.3 is 19.1 Å². The predicted molar refractivity (Wildman–Crippen MR) is 106 cm³/mol. The molecule has 0 spiro atoms. The molecule has 1 atom stereocenters. The van der Waals surface area contributed by atoms with Gasteiger partial charge in [0.05, 0.1) is 24.7 Å². The average Bonchev–Trinajstić information content (AvgIpc) is 2.99. The van der Waals surface area contributed by atoms with Crippen molar-refractivity contribution in [2.24, 2.45) is 0 Å². The zero-order valence-corrected chi connectivity index (χ0v) is 16.1. The summed E-state index contributed by atoms with van der Waals surface area (Å²) < 4.78 is 12.9. The second-order valence-corrected chi connectivity index (χ2v) is 6.36. The Labute approximate surface area is 160 Å². The zero-order valence-electron chi connectivity index (χ0n) is 15.3. The Morgan fingerprint density at radius 3 is 2.35 bits per heavy atom. The topological polar surface area (TPSA) is 56.5 Å². The second kappa shape index (κ2) is 8.92. The summed E-state index contributed by atoms with van der Waals surface area (Å²) in [5.74, 6) is 2.74. The molecule has 140 valence electrons. The summed E-state index contributed by atoms with van der Waals surface area (Å²) >= 11 is 0. The number of aliphatic hydroxyl groups excluding tert-OH is 1. The van der Waals surface area contributed by atoms with Gasteiger partial charge in [-0.15, -0.1) is 12.4 Å². The van der Waals surface area contributed by atoms with Gasteiger partial charge in [0.2, 0.25) is 0 Å². The van der Waals surface area contributed by atoms with Crippen molar-refractivity contribution in [1.82, 2.24) is 9.55 Å². The number of benzene rings is 2. The SMILES string of the molecule is COc1ccc(OCC(O)Cn2c(C(C)C)nc3ccccc32)cc1.Cl. The van der Waals surface area contributed by atoms with Gasteiger partial charge in [0.1, 0.15) is 30.0 Å². The molecule has 1 unspecified atom stereocenters. The van der Waals surface area contributed by atoms with E-state index in [1.165, 1.54) is 0 Å². The van der Waals surface area contributed by atoms with Gasteiger partial charge in [-0.1, -0.05) is 26.0 Å². The first-order valence-electron chi connectivity index (χ1n) is 8.48. The molecule has 0 saturated heterocycles. The lowest BCUT2D eigenvalue weighted by molar-refractivity contribution is 0.0925. The summed E-state index contributed by atoms with van der Waals surface area (Å²) in [4.78, 5) is 4.70. The summed E-state index contributed by atoms with van der Waals surface area (Å²) in [6, 6.07) is 15.3. The normalized spacial score (nSPS) is 12.0. The van der Waals surface area contributed by atoms with Crippen molar-refractivity contribution in [3.05, 3.63) is 54.4 Å². The molecule has 1 heterocycles. The van der Waals surface area contributed by atoms with Gasteiger partial charge >= 0.3 is 0 Å². The smallest absolute Gasteiger partial charge is 0.119 e. The Bertz CT molecular complexity index is 831. The molecule has 0 aliphatic rings. The first kappa shape index (κ1) is 20.1. The van der Waals surface area contributed by atoms with Crippen LogP contribution in [0.3, 0.4) is 0 Å². The maximum atomic E-state index is 10.5. The van der Waals surface area contributed by atoms with Crippen LogP contribution in [0.5, 0.6) is 11.5 Å². The molecule has 0 fully saturated rings. The van der Waals surface area contributed by atoms with Crippen molar-refractivity contribution in [1.29, 1.82) is 0 Å². The molecule has 5 nitrogen and oxygen atoms in total. The predicted octanol–water partition coefficient (Wildman–Crippen LogP) is 4.03. The molecule has 1 aromatic heterocycles. The van der Waals surface area contributed by atoms with Crippen LogP contribution in [0, 0.1) is 0 Å². The number of aromatic nitrogens is 2. The van der Waals surface area contributed by atoms with Crippen LogP contribution in [0.15, 0.2) is 48.5 Å². The minimum atomic E-state index is -0.628. The molecule has 6 heteroatoms. The standard InChI is InChI=1S/C20H24N2O3.ClH/c1-14(2)20-21-18-6-4-5-7-19(18)22(20)12-15(23)13-25-17-10-8-16(24-3)9-11-17;/h4-11,14-15,23H,12-13H2,1-3H3;1H. The number of ether oxygens (including phenoxy) is 2. The summed E-state index contributed by atoms with van der Waals surface area (Å²) in [5, 5.41) is 10.5. The van der Waals surface area contributed by atoms with Gasteiger partial charge in [0.25, 0.3) is 0 Å². The van der Waals surface area contributed by atoms with Gasteiger partial charge in [0.15, 0.2) is 0 Å². The van der Waals surface area contributed by atoms with E-state index >= 15 is 0 Å². The van der Waals surface area contributed by atoms with Crippen LogP contribution in [0.2, 0.25) is 0 Å². The quantitative estimate of drug-likeness (QED) is 0.676. The molecule has 3 aromatic rings. The molecule has 0 bridgehead atoms. The number of nitrogens with zero attached hydrogens (tertiary/aromatic N) is 2. The van der Waals surface area contributed by atoms with E-state index in [4.69, 9.17) is 14.5 Å². The molecule has 2 aromatic carbocycles. The fourth-order valence-electron chi connectivity index (χ4n) is 2.85. The fraction of sp³-hybridized carbons (Fsp3) is 0.350. The number of rotatable bonds is 7. The van der Waals surface area contributed by atoms with E-state index < -0.39 is 6.10 Å². The van der Waals surface area contributed by atoms with Gasteiger partial charge in [-0.25, -0.2) is 4.98 Å². The lowest BCUT2D eigenvalue weighted by Gasteiger charge is -2.17. The molecule has 0 amide bonds. The monoisotopic (exact) mass is 376 g/mol. The lowest BCUT2D eigenvalue weighted by Crippen LogP contribution is -2.24. The van der Waals surface area contributed by atoms with Crippen LogP contribution in [0.25, 0.3) is 11.0 Å². The van der Waals surface area contributed by atoms with Crippen molar-refractivity contribution in [3.8, 4) is 11.5 Å². The van der Waals surface area contributed by atoms with Crippen LogP contribution in [0.4, 0.5) is 0 Å². The Balaban J connectivity index is 0.00000243. The highest BCUT2D eigenvalue weighted by Crippen LogP contribution is 2.22. The third-order valence-electron chi connectivity index (χ3n) is 4.10. The van der Waals surface area contributed by atoms with E-state index in [2.05, 4.69) is 18.4 Å². The Morgan fingerprint density at radius 2 is 1.69 bits per heavy atom. The van der Waals surface area contributed by atoms with Crippen molar-refractivity contribution >= 4 is 23.4 Å². The second-order valence-electron chi connectivity index (χ2n) is 6.36. The van der Waals surface area contributed by atoms with E-state index in [9.17, 15) is 5.11 Å². The van der Waals surface area contributed by atoms with E-state index in [0.717, 1.165) is 22.6 Å². The number of hydrogen-bond donors (Lipinski definition) is 1. The van der Waals surface area contributed by atoms with Crippen molar-refractivity contribution in [2.45, 2.75) is 32.4 Å². The molecular weight excluding hydrogens is 352 g/mol. The summed E-state index contributed by atoms with van der Waals surface area (Å²) in [6.07, 6.45) is -0.628. The summed E-state index contributed by atoms with van der Waals surface area (Å²) in [6.45, 7) is 4.89. The molecule has 1 N–H and O–H groups in total. The number of methoxy groups -OCH3 is 1. The number of hydrogen-bond acceptors (Lipinski definition) is 4. The fourth-order valence-corrected chi connectivity index (χ4v) is 2.85. The van der Waals surface area contributed by atoms with Crippen LogP contribution >= 0.6 is 12.4 Å². The number of fused-ring (bicyclic) bond motifs is 1. The molecule has 0 aliphatic carbocycles. The van der Waals surface area contributed by atoms with Gasteiger partial charge in [-0.05, 0) is 36.4 Å². The van der Waals surface area contributed by atoms with Gasteiger partial charge in [0, 0.05) is 5.92 Å². The molecule has 0 saturated carbocycles. The summed E-state index contributed by atoms with van der Waals surface area (Å²) in [7, 11) is 1.63. The minimum absolute atomic E-state index is 0. The third kappa shape index (κ3) is 4.48. The highest BCUT2D eigenvalue weighted by atomic mass is 35.5. The Kier molecular flexibility index (Phi) is 6.89. The highest BCUT2D eigenvalue weighted by molar-refractivity contribution is 5.85. The number of imidazole rings is 1. The van der Waals surface area contributed by atoms with Gasteiger partial charge in [-0.2, -0.15) is 0 Å². The van der Waals surface area contributed by atoms with Crippen molar-refractivity contribution < 1.29 is 14.6 Å². The maximum absolute atomic E-state index is 10.5. The molecule has 0 radical (unpaired) electrons. The first-order valence-corrected chi connectivity index (χ1v) is 8.48. The van der Waals surface area contributed by atoms with E-state index in [-0.39, 0.29) is 24.9 Å². The largest absolute Gasteiger partial charge is 0.497 e. The number of para-hydroxylation sites is 2. The van der Waals surface area contributed by atoms with Crippen LogP contribution < -0.4 is 9.47 Å². The van der Waals surface area contributed by atoms with Crippen LogP contribution in [-0.2, 0) is 6.54 Å².